The molecular weight excluding hydrogens is 282 g/mol. The minimum absolute atomic E-state index is 0.0957. The van der Waals surface area contributed by atoms with Gasteiger partial charge in [-0.2, -0.15) is 0 Å². The molecule has 1 aliphatic carbocycles. The summed E-state index contributed by atoms with van der Waals surface area (Å²) in [4.78, 5) is 24.8. The third kappa shape index (κ3) is 3.59. The lowest BCUT2D eigenvalue weighted by Gasteiger charge is -2.27. The molecule has 1 aromatic carbocycles. The van der Waals surface area contributed by atoms with Crippen LogP contribution in [0.15, 0.2) is 24.3 Å². The highest BCUT2D eigenvalue weighted by atomic mass is 16.7. The number of ether oxygens (including phenoxy) is 2. The van der Waals surface area contributed by atoms with Crippen molar-refractivity contribution in [2.45, 2.75) is 32.2 Å². The number of hydrogen-bond donors (Lipinski definition) is 0. The molecule has 0 aromatic heterocycles. The lowest BCUT2D eigenvalue weighted by atomic mass is 10.1. The Bertz CT molecular complexity index is 591. The lowest BCUT2D eigenvalue weighted by Crippen LogP contribution is -2.35. The van der Waals surface area contributed by atoms with Gasteiger partial charge in [0, 0.05) is 6.42 Å². The van der Waals surface area contributed by atoms with Crippen molar-refractivity contribution in [3.8, 4) is 12.3 Å². The minimum atomic E-state index is -0.566. The summed E-state index contributed by atoms with van der Waals surface area (Å²) in [7, 11) is 0. The van der Waals surface area contributed by atoms with E-state index in [2.05, 4.69) is 12.0 Å². The lowest BCUT2D eigenvalue weighted by molar-refractivity contribution is -0.152. The fourth-order valence-electron chi connectivity index (χ4n) is 2.59. The second-order valence-electron chi connectivity index (χ2n) is 4.98. The number of nitrogens with zero attached hydrogens (tertiary/aromatic N) is 1. The number of aryl methyl sites for hydroxylation is 1. The Balaban J connectivity index is 2.03. The van der Waals surface area contributed by atoms with Crippen molar-refractivity contribution in [1.82, 2.24) is 4.90 Å². The zero-order valence-electron chi connectivity index (χ0n) is 12.6. The van der Waals surface area contributed by atoms with Gasteiger partial charge in [-0.1, -0.05) is 37.1 Å². The first-order chi connectivity index (χ1) is 10.7. The van der Waals surface area contributed by atoms with E-state index in [4.69, 9.17) is 15.9 Å². The van der Waals surface area contributed by atoms with Crippen LogP contribution in [0, 0.1) is 12.3 Å². The van der Waals surface area contributed by atoms with Crippen LogP contribution < -0.4 is 0 Å². The van der Waals surface area contributed by atoms with Crippen LogP contribution in [0.3, 0.4) is 0 Å². The maximum Gasteiger partial charge on any atom is 0.413 e. The van der Waals surface area contributed by atoms with Crippen molar-refractivity contribution < 1.29 is 19.1 Å². The quantitative estimate of drug-likeness (QED) is 0.476. The maximum atomic E-state index is 12.2. The Labute approximate surface area is 130 Å². The molecule has 1 aliphatic rings. The van der Waals surface area contributed by atoms with Gasteiger partial charge in [0.2, 0.25) is 6.79 Å². The molecule has 5 nitrogen and oxygen atoms in total. The van der Waals surface area contributed by atoms with Gasteiger partial charge in [0.05, 0.1) is 12.6 Å². The average Bonchev–Trinajstić information content (AvgIpc) is 2.96. The Morgan fingerprint density at radius 3 is 2.86 bits per heavy atom. The van der Waals surface area contributed by atoms with E-state index in [0.29, 0.717) is 0 Å². The first-order valence-corrected chi connectivity index (χ1v) is 7.27. The van der Waals surface area contributed by atoms with Crippen molar-refractivity contribution in [3.63, 3.8) is 0 Å². The van der Waals surface area contributed by atoms with Crippen molar-refractivity contribution in [2.75, 3.05) is 13.3 Å². The van der Waals surface area contributed by atoms with Crippen molar-refractivity contribution in [1.29, 1.82) is 0 Å². The number of rotatable bonds is 5. The Morgan fingerprint density at radius 1 is 1.36 bits per heavy atom. The minimum Gasteiger partial charge on any atom is -0.428 e. The Kier molecular flexibility index (Phi) is 5.42. The van der Waals surface area contributed by atoms with Gasteiger partial charge in [-0.05, 0) is 24.0 Å². The highest BCUT2D eigenvalue weighted by molar-refractivity contribution is 5.70. The molecule has 0 spiro atoms. The normalized spacial score (nSPS) is 15.5. The van der Waals surface area contributed by atoms with E-state index in [1.807, 2.05) is 18.2 Å². The molecule has 0 unspecified atom stereocenters. The zero-order chi connectivity index (χ0) is 15.9. The average molecular weight is 301 g/mol. The molecule has 0 saturated carbocycles. The van der Waals surface area contributed by atoms with Crippen molar-refractivity contribution in [2.24, 2.45) is 0 Å². The largest absolute Gasteiger partial charge is 0.428 e. The molecule has 0 radical (unpaired) electrons. The van der Waals surface area contributed by atoms with Gasteiger partial charge >= 0.3 is 12.1 Å². The molecular formula is C17H19NO4. The van der Waals surface area contributed by atoms with E-state index in [9.17, 15) is 9.59 Å². The van der Waals surface area contributed by atoms with Gasteiger partial charge in [0.1, 0.15) is 0 Å². The van der Waals surface area contributed by atoms with Gasteiger partial charge < -0.3 is 9.47 Å². The highest BCUT2D eigenvalue weighted by Crippen LogP contribution is 2.35. The summed E-state index contributed by atoms with van der Waals surface area (Å²) >= 11 is 0. The van der Waals surface area contributed by atoms with Gasteiger partial charge in [-0.3, -0.25) is 9.69 Å². The molecule has 1 aromatic rings. The molecule has 22 heavy (non-hydrogen) atoms. The van der Waals surface area contributed by atoms with Crippen LogP contribution in [0.25, 0.3) is 0 Å². The first-order valence-electron chi connectivity index (χ1n) is 7.27. The number of carbonyl (C=O) groups is 2. The Hall–Kier alpha value is -2.48. The molecule has 5 heteroatoms. The van der Waals surface area contributed by atoms with Crippen LogP contribution in [-0.4, -0.2) is 30.3 Å². The van der Waals surface area contributed by atoms with E-state index < -0.39 is 12.1 Å². The highest BCUT2D eigenvalue weighted by Gasteiger charge is 2.31. The third-order valence-corrected chi connectivity index (χ3v) is 3.66. The summed E-state index contributed by atoms with van der Waals surface area (Å²) in [5, 5.41) is 0. The molecule has 0 N–H and O–H groups in total. The van der Waals surface area contributed by atoms with Crippen LogP contribution in [0.2, 0.25) is 0 Å². The Morgan fingerprint density at radius 2 is 2.14 bits per heavy atom. The van der Waals surface area contributed by atoms with E-state index in [1.165, 1.54) is 10.5 Å². The zero-order valence-corrected chi connectivity index (χ0v) is 12.6. The van der Waals surface area contributed by atoms with Gasteiger partial charge in [0.15, 0.2) is 0 Å². The smallest absolute Gasteiger partial charge is 0.413 e. The molecule has 0 bridgehead atoms. The van der Waals surface area contributed by atoms with Crippen LogP contribution >= 0.6 is 0 Å². The number of esters is 1. The van der Waals surface area contributed by atoms with E-state index in [0.717, 1.165) is 18.4 Å². The monoisotopic (exact) mass is 301 g/mol. The van der Waals surface area contributed by atoms with E-state index in [-0.39, 0.29) is 25.8 Å². The number of fused-ring (bicyclic) bond motifs is 1. The standard InChI is InChI=1S/C17H19NO4/c1-3-11-18(17(20)22-12-21-16(19)4-2)15-10-9-13-7-5-6-8-14(13)15/h1,5-8,15H,4,9-12H2,2H3/t15-/m1/s1. The fourth-order valence-corrected chi connectivity index (χ4v) is 2.59. The van der Waals surface area contributed by atoms with Crippen LogP contribution in [0.4, 0.5) is 4.79 Å². The van der Waals surface area contributed by atoms with Gasteiger partial charge in [-0.25, -0.2) is 4.79 Å². The topological polar surface area (TPSA) is 55.8 Å². The number of amides is 1. The number of hydrogen-bond acceptors (Lipinski definition) is 4. The summed E-state index contributed by atoms with van der Waals surface area (Å²) in [6, 6.07) is 7.88. The van der Waals surface area contributed by atoms with Crippen molar-refractivity contribution >= 4 is 12.1 Å². The summed E-state index contributed by atoms with van der Waals surface area (Å²) in [5.74, 6) is 2.07. The molecule has 0 fully saturated rings. The predicted octanol–water partition coefficient (Wildman–Crippen LogP) is 2.66. The molecule has 0 heterocycles. The maximum absolute atomic E-state index is 12.2. The number of carbonyl (C=O) groups excluding carboxylic acids is 2. The molecule has 1 amide bonds. The van der Waals surface area contributed by atoms with E-state index >= 15 is 0 Å². The molecule has 2 rings (SSSR count). The fraction of sp³-hybridized carbons (Fsp3) is 0.412. The van der Waals surface area contributed by atoms with Gasteiger partial charge in [0.25, 0.3) is 0 Å². The summed E-state index contributed by atoms with van der Waals surface area (Å²) in [6.45, 7) is 1.44. The summed E-state index contributed by atoms with van der Waals surface area (Å²) in [6.07, 6.45) is 6.75. The summed E-state index contributed by atoms with van der Waals surface area (Å²) < 4.78 is 9.77. The second-order valence-corrected chi connectivity index (χ2v) is 4.98. The summed E-state index contributed by atoms with van der Waals surface area (Å²) in [5.41, 5.74) is 2.32. The van der Waals surface area contributed by atoms with Crippen LogP contribution in [0.1, 0.15) is 36.9 Å². The second kappa shape index (κ2) is 7.51. The SMILES string of the molecule is C#CCN(C(=O)OCOC(=O)CC)[C@@H]1CCc2ccccc21. The molecule has 0 saturated heterocycles. The number of terminal acetylenes is 1. The predicted molar refractivity (Wildman–Crippen MR) is 80.8 cm³/mol. The molecule has 1 atom stereocenters. The van der Waals surface area contributed by atoms with Crippen LogP contribution in [0.5, 0.6) is 0 Å². The molecule has 0 aliphatic heterocycles. The van der Waals surface area contributed by atoms with Gasteiger partial charge in [-0.15, -0.1) is 6.42 Å². The third-order valence-electron chi connectivity index (χ3n) is 3.66. The first kappa shape index (κ1) is 15.9. The van der Waals surface area contributed by atoms with E-state index in [1.54, 1.807) is 6.92 Å². The van der Waals surface area contributed by atoms with Crippen LogP contribution in [-0.2, 0) is 20.7 Å². The molecule has 116 valence electrons. The number of benzene rings is 1. The van der Waals surface area contributed by atoms with Crippen molar-refractivity contribution in [3.05, 3.63) is 35.4 Å².